The second-order valence-electron chi connectivity index (χ2n) is 4.06. The minimum atomic E-state index is -0.585. The van der Waals surface area contributed by atoms with E-state index in [2.05, 4.69) is 4.98 Å². The summed E-state index contributed by atoms with van der Waals surface area (Å²) in [7, 11) is 0. The Bertz CT molecular complexity index is 373. The maximum Gasteiger partial charge on any atom is 0.250 e. The smallest absolute Gasteiger partial charge is 0.250 e. The highest BCUT2D eigenvalue weighted by Crippen LogP contribution is 2.24. The van der Waals surface area contributed by atoms with Crippen molar-refractivity contribution in [3.63, 3.8) is 0 Å². The van der Waals surface area contributed by atoms with E-state index in [1.807, 2.05) is 0 Å². The van der Waals surface area contributed by atoms with Gasteiger partial charge in [0.15, 0.2) is 5.82 Å². The number of nitrogens with two attached hydrogens (primary N) is 1. The van der Waals surface area contributed by atoms with Crippen LogP contribution in [0.3, 0.4) is 0 Å². The lowest BCUT2D eigenvalue weighted by molar-refractivity contribution is 0.00247. The molecule has 88 valence electrons. The highest BCUT2D eigenvalue weighted by atomic mass is 19.1. The summed E-state index contributed by atoms with van der Waals surface area (Å²) in [5.41, 5.74) is 5.64. The molecule has 2 atom stereocenters. The standard InChI is InChI=1S/C11H15FN2O2/c12-8-5-7(13)6-14-11(8)16-10-4-2-1-3-9(10)15/h5-6,9-10,15H,1-4,13H2. The van der Waals surface area contributed by atoms with Gasteiger partial charge < -0.3 is 15.6 Å². The Morgan fingerprint density at radius 1 is 1.44 bits per heavy atom. The molecule has 0 saturated heterocycles. The Balaban J connectivity index is 2.07. The third kappa shape index (κ3) is 2.41. The molecule has 1 aromatic rings. The highest BCUT2D eigenvalue weighted by Gasteiger charge is 2.25. The number of nitrogens with zero attached hydrogens (tertiary/aromatic N) is 1. The van der Waals surface area contributed by atoms with Crippen molar-refractivity contribution < 1.29 is 14.2 Å². The van der Waals surface area contributed by atoms with E-state index in [9.17, 15) is 9.50 Å². The lowest BCUT2D eigenvalue weighted by Crippen LogP contribution is -2.35. The van der Waals surface area contributed by atoms with Gasteiger partial charge in [0.1, 0.15) is 6.10 Å². The van der Waals surface area contributed by atoms with Crippen LogP contribution in [0.2, 0.25) is 0 Å². The van der Waals surface area contributed by atoms with E-state index in [0.29, 0.717) is 6.42 Å². The number of anilines is 1. The average molecular weight is 226 g/mol. The van der Waals surface area contributed by atoms with Crippen molar-refractivity contribution in [2.75, 3.05) is 5.73 Å². The molecule has 1 aromatic heterocycles. The molecule has 1 aliphatic carbocycles. The molecule has 0 bridgehead atoms. The molecule has 1 aliphatic rings. The van der Waals surface area contributed by atoms with E-state index in [1.165, 1.54) is 6.20 Å². The predicted molar refractivity (Wildman–Crippen MR) is 57.5 cm³/mol. The Morgan fingerprint density at radius 2 is 2.19 bits per heavy atom. The van der Waals surface area contributed by atoms with Gasteiger partial charge in [-0.3, -0.25) is 0 Å². The number of aliphatic hydroxyl groups is 1. The summed E-state index contributed by atoms with van der Waals surface area (Å²) in [4.78, 5) is 3.77. The molecule has 0 spiro atoms. The van der Waals surface area contributed by atoms with Gasteiger partial charge in [0.2, 0.25) is 0 Å². The lowest BCUT2D eigenvalue weighted by atomic mass is 9.95. The first kappa shape index (κ1) is 11.1. The first-order valence-corrected chi connectivity index (χ1v) is 5.42. The minimum Gasteiger partial charge on any atom is -0.470 e. The van der Waals surface area contributed by atoms with Crippen molar-refractivity contribution in [3.8, 4) is 5.88 Å². The number of hydrogen-bond acceptors (Lipinski definition) is 4. The van der Waals surface area contributed by atoms with Gasteiger partial charge in [0, 0.05) is 6.07 Å². The first-order chi connectivity index (χ1) is 7.66. The average Bonchev–Trinajstić information content (AvgIpc) is 2.25. The van der Waals surface area contributed by atoms with Gasteiger partial charge in [0.05, 0.1) is 18.0 Å². The fourth-order valence-corrected chi connectivity index (χ4v) is 1.89. The van der Waals surface area contributed by atoms with Crippen molar-refractivity contribution in [1.29, 1.82) is 0 Å². The molecule has 0 aliphatic heterocycles. The van der Waals surface area contributed by atoms with Crippen molar-refractivity contribution >= 4 is 5.69 Å². The zero-order chi connectivity index (χ0) is 11.5. The van der Waals surface area contributed by atoms with Crippen LogP contribution in [0.25, 0.3) is 0 Å². The van der Waals surface area contributed by atoms with Crippen LogP contribution < -0.4 is 10.5 Å². The molecule has 1 heterocycles. The van der Waals surface area contributed by atoms with E-state index in [4.69, 9.17) is 10.5 Å². The van der Waals surface area contributed by atoms with Crippen molar-refractivity contribution in [2.45, 2.75) is 37.9 Å². The van der Waals surface area contributed by atoms with Gasteiger partial charge in [-0.05, 0) is 19.3 Å². The number of hydrogen-bond donors (Lipinski definition) is 2. The molecule has 1 saturated carbocycles. The topological polar surface area (TPSA) is 68.4 Å². The molecule has 4 nitrogen and oxygen atoms in total. The molecule has 0 amide bonds. The maximum atomic E-state index is 13.4. The van der Waals surface area contributed by atoms with E-state index >= 15 is 0 Å². The van der Waals surface area contributed by atoms with Gasteiger partial charge in [0.25, 0.3) is 5.88 Å². The number of aliphatic hydroxyl groups excluding tert-OH is 1. The zero-order valence-electron chi connectivity index (χ0n) is 8.90. The Morgan fingerprint density at radius 3 is 2.88 bits per heavy atom. The number of ether oxygens (including phenoxy) is 1. The number of nitrogen functional groups attached to an aromatic ring is 1. The summed E-state index contributed by atoms with van der Waals surface area (Å²) in [5.74, 6) is -0.669. The summed E-state index contributed by atoms with van der Waals surface area (Å²) in [5, 5.41) is 9.68. The Kier molecular flexibility index (Phi) is 3.24. The molecule has 3 N–H and O–H groups in total. The molecule has 2 unspecified atom stereocenters. The van der Waals surface area contributed by atoms with Gasteiger partial charge in [-0.2, -0.15) is 0 Å². The molecule has 5 heteroatoms. The van der Waals surface area contributed by atoms with Crippen LogP contribution in [0.15, 0.2) is 12.3 Å². The summed E-state index contributed by atoms with van der Waals surface area (Å²) < 4.78 is 18.7. The number of pyridine rings is 1. The molecular formula is C11H15FN2O2. The molecule has 0 radical (unpaired) electrons. The molecule has 2 rings (SSSR count). The van der Waals surface area contributed by atoms with Gasteiger partial charge >= 0.3 is 0 Å². The van der Waals surface area contributed by atoms with Crippen LogP contribution in [0.1, 0.15) is 25.7 Å². The van der Waals surface area contributed by atoms with Crippen LogP contribution in [0.5, 0.6) is 5.88 Å². The van der Waals surface area contributed by atoms with Gasteiger partial charge in [-0.1, -0.05) is 6.42 Å². The van der Waals surface area contributed by atoms with Gasteiger partial charge in [-0.15, -0.1) is 0 Å². The van der Waals surface area contributed by atoms with Crippen molar-refractivity contribution in [1.82, 2.24) is 4.98 Å². The fraction of sp³-hybridized carbons (Fsp3) is 0.545. The van der Waals surface area contributed by atoms with Crippen LogP contribution >= 0.6 is 0 Å². The van der Waals surface area contributed by atoms with Crippen LogP contribution in [-0.2, 0) is 0 Å². The largest absolute Gasteiger partial charge is 0.470 e. The summed E-state index contributed by atoms with van der Waals surface area (Å²) in [6, 6.07) is 1.16. The van der Waals surface area contributed by atoms with Crippen molar-refractivity contribution in [3.05, 3.63) is 18.1 Å². The zero-order valence-corrected chi connectivity index (χ0v) is 8.90. The molecule has 16 heavy (non-hydrogen) atoms. The van der Waals surface area contributed by atoms with Gasteiger partial charge in [-0.25, -0.2) is 9.37 Å². The second kappa shape index (κ2) is 4.65. The predicted octanol–water partition coefficient (Wildman–Crippen LogP) is 1.49. The highest BCUT2D eigenvalue weighted by molar-refractivity contribution is 5.37. The minimum absolute atomic E-state index is 0.0832. The van der Waals surface area contributed by atoms with Crippen LogP contribution in [0, 0.1) is 5.82 Å². The van der Waals surface area contributed by atoms with E-state index in [-0.39, 0.29) is 17.7 Å². The summed E-state index contributed by atoms with van der Waals surface area (Å²) in [6.07, 6.45) is 3.84. The first-order valence-electron chi connectivity index (χ1n) is 5.42. The molecular weight excluding hydrogens is 211 g/mol. The molecule has 1 fully saturated rings. The maximum absolute atomic E-state index is 13.4. The third-order valence-electron chi connectivity index (χ3n) is 2.76. The fourth-order valence-electron chi connectivity index (χ4n) is 1.89. The third-order valence-corrected chi connectivity index (χ3v) is 2.76. The molecule has 0 aromatic carbocycles. The van der Waals surface area contributed by atoms with E-state index in [1.54, 1.807) is 0 Å². The quantitative estimate of drug-likeness (QED) is 0.801. The van der Waals surface area contributed by atoms with Crippen molar-refractivity contribution in [2.24, 2.45) is 0 Å². The Hall–Kier alpha value is -1.36. The number of halogens is 1. The van der Waals surface area contributed by atoms with Crippen LogP contribution in [0.4, 0.5) is 10.1 Å². The summed E-state index contributed by atoms with van der Waals surface area (Å²) in [6.45, 7) is 0. The Labute approximate surface area is 93.2 Å². The number of rotatable bonds is 2. The SMILES string of the molecule is Nc1cnc(OC2CCCCC2O)c(F)c1. The lowest BCUT2D eigenvalue weighted by Gasteiger charge is -2.27. The van der Waals surface area contributed by atoms with Crippen LogP contribution in [-0.4, -0.2) is 22.3 Å². The summed E-state index contributed by atoms with van der Waals surface area (Å²) >= 11 is 0. The monoisotopic (exact) mass is 226 g/mol. The second-order valence-corrected chi connectivity index (χ2v) is 4.06. The normalized spacial score (nSPS) is 25.4. The van der Waals surface area contributed by atoms with E-state index < -0.39 is 11.9 Å². The number of aromatic nitrogens is 1. The van der Waals surface area contributed by atoms with E-state index in [0.717, 1.165) is 25.3 Å².